The van der Waals surface area contributed by atoms with Crippen LogP contribution in [0.15, 0.2) is 29.0 Å². The highest BCUT2D eigenvalue weighted by Crippen LogP contribution is 2.37. The number of halogens is 1. The average Bonchev–Trinajstić information content (AvgIpc) is 3.17. The Morgan fingerprint density at radius 3 is 2.90 bits per heavy atom. The molecule has 1 aliphatic carbocycles. The number of carbonyl (C=O) groups is 1. The predicted octanol–water partition coefficient (Wildman–Crippen LogP) is 3.12. The fourth-order valence-corrected chi connectivity index (χ4v) is 2.34. The third-order valence-corrected chi connectivity index (χ3v) is 4.16. The zero-order valence-corrected chi connectivity index (χ0v) is 12.6. The maximum Gasteiger partial charge on any atom is 0.273 e. The van der Waals surface area contributed by atoms with E-state index >= 15 is 0 Å². The van der Waals surface area contributed by atoms with Crippen LogP contribution in [0.5, 0.6) is 0 Å². The van der Waals surface area contributed by atoms with Crippen LogP contribution in [-0.2, 0) is 0 Å². The van der Waals surface area contributed by atoms with Gasteiger partial charge in [-0.25, -0.2) is 4.98 Å². The van der Waals surface area contributed by atoms with Crippen LogP contribution in [0.3, 0.4) is 0 Å². The number of pyridine rings is 1. The fourth-order valence-electron chi connectivity index (χ4n) is 2.13. The van der Waals surface area contributed by atoms with Crippen molar-refractivity contribution >= 4 is 33.3 Å². The number of hydrogen-bond acceptors (Lipinski definition) is 3. The molecule has 0 aliphatic heterocycles. The third kappa shape index (κ3) is 2.56. The van der Waals surface area contributed by atoms with Gasteiger partial charge in [-0.3, -0.25) is 4.79 Å². The summed E-state index contributed by atoms with van der Waals surface area (Å²) in [5, 5.41) is 2.82. The first-order valence-electron chi connectivity index (χ1n) is 6.45. The number of aryl methyl sites for hydroxylation is 1. The van der Waals surface area contributed by atoms with E-state index in [2.05, 4.69) is 26.2 Å². The molecule has 3 rings (SSSR count). The summed E-state index contributed by atoms with van der Waals surface area (Å²) >= 11 is 3.39. The molecule has 2 aromatic heterocycles. The lowest BCUT2D eigenvalue weighted by atomic mass is 10.3. The molecule has 0 saturated heterocycles. The molecule has 1 amide bonds. The van der Waals surface area contributed by atoms with Gasteiger partial charge in [0.1, 0.15) is 11.5 Å². The molecule has 0 bridgehead atoms. The lowest BCUT2D eigenvalue weighted by molar-refractivity contribution is 0.101. The summed E-state index contributed by atoms with van der Waals surface area (Å²) in [6.45, 7) is 1.95. The molecule has 1 aliphatic rings. The first-order chi connectivity index (χ1) is 9.54. The summed E-state index contributed by atoms with van der Waals surface area (Å²) in [6.07, 6.45) is 5.71. The number of aromatic nitrogens is 2. The second-order valence-corrected chi connectivity index (χ2v) is 5.92. The quantitative estimate of drug-likeness (QED) is 0.905. The maximum atomic E-state index is 12.3. The van der Waals surface area contributed by atoms with Crippen molar-refractivity contribution in [1.82, 2.24) is 9.55 Å². The second-order valence-electron chi connectivity index (χ2n) is 5.07. The van der Waals surface area contributed by atoms with E-state index in [-0.39, 0.29) is 5.91 Å². The second kappa shape index (κ2) is 4.94. The minimum Gasteiger partial charge on any atom is -0.397 e. The van der Waals surface area contributed by atoms with E-state index < -0.39 is 0 Å². The molecule has 2 aromatic rings. The minimum atomic E-state index is -0.178. The topological polar surface area (TPSA) is 72.9 Å². The number of nitrogens with one attached hydrogen (secondary N) is 1. The minimum absolute atomic E-state index is 0.178. The van der Waals surface area contributed by atoms with E-state index in [1.165, 1.54) is 0 Å². The van der Waals surface area contributed by atoms with Crippen LogP contribution in [0.4, 0.5) is 11.5 Å². The predicted molar refractivity (Wildman–Crippen MR) is 81.7 cm³/mol. The van der Waals surface area contributed by atoms with Crippen LogP contribution in [0.25, 0.3) is 0 Å². The lowest BCUT2D eigenvalue weighted by Crippen LogP contribution is -2.17. The van der Waals surface area contributed by atoms with Crippen molar-refractivity contribution in [3.63, 3.8) is 0 Å². The number of hydrogen-bond donors (Lipinski definition) is 2. The highest BCUT2D eigenvalue weighted by atomic mass is 79.9. The SMILES string of the molecule is Cc1cc(NC(=O)c2cc(N)cn2C2CC2)ncc1Br. The summed E-state index contributed by atoms with van der Waals surface area (Å²) in [5.41, 5.74) is 8.02. The van der Waals surface area contributed by atoms with Crippen LogP contribution >= 0.6 is 15.9 Å². The average molecular weight is 335 g/mol. The van der Waals surface area contributed by atoms with E-state index in [4.69, 9.17) is 5.73 Å². The van der Waals surface area contributed by atoms with E-state index in [0.717, 1.165) is 22.9 Å². The Hall–Kier alpha value is -1.82. The molecule has 0 spiro atoms. The number of carbonyl (C=O) groups excluding carboxylic acids is 1. The van der Waals surface area contributed by atoms with Gasteiger partial charge in [0.2, 0.25) is 0 Å². The van der Waals surface area contributed by atoms with Gasteiger partial charge in [-0.15, -0.1) is 0 Å². The van der Waals surface area contributed by atoms with Gasteiger partial charge in [-0.05, 0) is 53.4 Å². The van der Waals surface area contributed by atoms with Crippen molar-refractivity contribution < 1.29 is 4.79 Å². The number of rotatable bonds is 3. The lowest BCUT2D eigenvalue weighted by Gasteiger charge is -2.08. The maximum absolute atomic E-state index is 12.3. The molecule has 0 aromatic carbocycles. The molecular weight excluding hydrogens is 320 g/mol. The smallest absolute Gasteiger partial charge is 0.273 e. The molecule has 0 radical (unpaired) electrons. The number of amides is 1. The van der Waals surface area contributed by atoms with Crippen LogP contribution in [0.2, 0.25) is 0 Å². The van der Waals surface area contributed by atoms with Gasteiger partial charge < -0.3 is 15.6 Å². The fraction of sp³-hybridized carbons (Fsp3) is 0.286. The van der Waals surface area contributed by atoms with Gasteiger partial charge in [0, 0.05) is 22.9 Å². The number of nitrogens with zero attached hydrogens (tertiary/aromatic N) is 2. The van der Waals surface area contributed by atoms with Gasteiger partial charge >= 0.3 is 0 Å². The Labute approximate surface area is 125 Å². The van der Waals surface area contributed by atoms with Crippen molar-refractivity contribution in [3.8, 4) is 0 Å². The third-order valence-electron chi connectivity index (χ3n) is 3.33. The van der Waals surface area contributed by atoms with Crippen LogP contribution in [0, 0.1) is 6.92 Å². The molecule has 3 N–H and O–H groups in total. The molecule has 0 atom stereocenters. The first kappa shape index (κ1) is 13.2. The largest absolute Gasteiger partial charge is 0.397 e. The Morgan fingerprint density at radius 2 is 2.25 bits per heavy atom. The van der Waals surface area contributed by atoms with Gasteiger partial charge in [-0.1, -0.05) is 0 Å². The van der Waals surface area contributed by atoms with Crippen molar-refractivity contribution in [2.24, 2.45) is 0 Å². The zero-order valence-electron chi connectivity index (χ0n) is 11.1. The normalized spacial score (nSPS) is 14.3. The Bertz CT molecular complexity index is 676. The molecule has 6 heteroatoms. The summed E-state index contributed by atoms with van der Waals surface area (Å²) in [6, 6.07) is 3.95. The molecule has 0 unspecified atom stereocenters. The van der Waals surface area contributed by atoms with Crippen molar-refractivity contribution in [1.29, 1.82) is 0 Å². The molecule has 104 valence electrons. The molecule has 2 heterocycles. The number of nitrogens with two attached hydrogens (primary N) is 1. The Morgan fingerprint density at radius 1 is 1.50 bits per heavy atom. The summed E-state index contributed by atoms with van der Waals surface area (Å²) in [5.74, 6) is 0.362. The summed E-state index contributed by atoms with van der Waals surface area (Å²) < 4.78 is 2.87. The van der Waals surface area contributed by atoms with Crippen molar-refractivity contribution in [3.05, 3.63) is 40.3 Å². The molecular formula is C14H15BrN4O. The van der Waals surface area contributed by atoms with Crippen LogP contribution < -0.4 is 11.1 Å². The number of nitrogen functional groups attached to an aromatic ring is 1. The zero-order chi connectivity index (χ0) is 14.3. The van der Waals surface area contributed by atoms with E-state index in [1.54, 1.807) is 12.3 Å². The Kier molecular flexibility index (Phi) is 3.25. The van der Waals surface area contributed by atoms with Crippen LogP contribution in [0.1, 0.15) is 34.9 Å². The van der Waals surface area contributed by atoms with Gasteiger partial charge in [0.05, 0.1) is 5.69 Å². The summed E-state index contributed by atoms with van der Waals surface area (Å²) in [7, 11) is 0. The van der Waals surface area contributed by atoms with Crippen molar-refractivity contribution in [2.75, 3.05) is 11.1 Å². The molecule has 20 heavy (non-hydrogen) atoms. The highest BCUT2D eigenvalue weighted by Gasteiger charge is 2.27. The first-order valence-corrected chi connectivity index (χ1v) is 7.25. The van der Waals surface area contributed by atoms with Crippen LogP contribution in [-0.4, -0.2) is 15.5 Å². The van der Waals surface area contributed by atoms with E-state index in [9.17, 15) is 4.79 Å². The Balaban J connectivity index is 1.84. The monoisotopic (exact) mass is 334 g/mol. The van der Waals surface area contributed by atoms with Crippen molar-refractivity contribution in [2.45, 2.75) is 25.8 Å². The standard InChI is InChI=1S/C14H15BrN4O/c1-8-4-13(17-6-11(8)15)18-14(20)12-5-9(16)7-19(12)10-2-3-10/h4-7,10H,2-3,16H2,1H3,(H,17,18,20). The molecule has 1 saturated carbocycles. The molecule has 1 fully saturated rings. The highest BCUT2D eigenvalue weighted by molar-refractivity contribution is 9.10. The van der Waals surface area contributed by atoms with E-state index in [0.29, 0.717) is 23.2 Å². The molecule has 5 nitrogen and oxygen atoms in total. The van der Waals surface area contributed by atoms with E-state index in [1.807, 2.05) is 23.8 Å². The number of anilines is 2. The van der Waals surface area contributed by atoms with Gasteiger partial charge in [0.25, 0.3) is 5.91 Å². The van der Waals surface area contributed by atoms with Gasteiger partial charge in [-0.2, -0.15) is 0 Å². The summed E-state index contributed by atoms with van der Waals surface area (Å²) in [4.78, 5) is 16.5. The van der Waals surface area contributed by atoms with Gasteiger partial charge in [0.15, 0.2) is 0 Å².